The molecule has 0 atom stereocenters. The minimum Gasteiger partial charge on any atom is -0.435 e. The molecule has 0 radical (unpaired) electrons. The van der Waals surface area contributed by atoms with Crippen molar-refractivity contribution in [1.82, 2.24) is 4.98 Å². The third-order valence-electron chi connectivity index (χ3n) is 3.17. The van der Waals surface area contributed by atoms with E-state index in [-0.39, 0.29) is 5.69 Å². The highest BCUT2D eigenvalue weighted by Crippen LogP contribution is 2.27. The van der Waals surface area contributed by atoms with Crippen LogP contribution in [0.5, 0.6) is 0 Å². The molecule has 0 bridgehead atoms. The third-order valence-corrected chi connectivity index (χ3v) is 3.44. The van der Waals surface area contributed by atoms with Gasteiger partial charge in [-0.1, -0.05) is 41.9 Å². The lowest BCUT2D eigenvalue weighted by molar-refractivity contribution is -0.384. The largest absolute Gasteiger partial charge is 0.435 e. The second-order valence-electron chi connectivity index (χ2n) is 4.74. The fourth-order valence-corrected chi connectivity index (χ4v) is 2.23. The van der Waals surface area contributed by atoms with Crippen LogP contribution in [0.25, 0.3) is 22.4 Å². The van der Waals surface area contributed by atoms with Crippen LogP contribution in [0, 0.1) is 10.1 Å². The molecule has 0 N–H and O–H groups in total. The molecule has 2 aromatic carbocycles. The highest BCUT2D eigenvalue weighted by Gasteiger charge is 2.10. The molecular formula is C17H11ClN2O3. The van der Waals surface area contributed by atoms with Gasteiger partial charge in [-0.2, -0.15) is 0 Å². The van der Waals surface area contributed by atoms with E-state index in [1.807, 2.05) is 30.3 Å². The summed E-state index contributed by atoms with van der Waals surface area (Å²) in [6.07, 6.45) is 3.25. The Morgan fingerprint density at radius 1 is 1.13 bits per heavy atom. The molecule has 114 valence electrons. The molecule has 1 heterocycles. The van der Waals surface area contributed by atoms with E-state index >= 15 is 0 Å². The smallest absolute Gasteiger partial charge is 0.269 e. The normalized spacial score (nSPS) is 11.4. The topological polar surface area (TPSA) is 69.2 Å². The molecule has 5 nitrogen and oxygen atoms in total. The van der Waals surface area contributed by atoms with Gasteiger partial charge in [0.1, 0.15) is 5.03 Å². The fraction of sp³-hybridized carbons (Fsp3) is 0. The number of nitro benzene ring substituents is 1. The molecule has 0 spiro atoms. The van der Waals surface area contributed by atoms with Crippen LogP contribution in [0.2, 0.25) is 0 Å². The van der Waals surface area contributed by atoms with Crippen LogP contribution in [0.1, 0.15) is 11.5 Å². The Kier molecular flexibility index (Phi) is 4.21. The van der Waals surface area contributed by atoms with Crippen molar-refractivity contribution in [2.75, 3.05) is 0 Å². The van der Waals surface area contributed by atoms with Crippen LogP contribution in [0.4, 0.5) is 5.69 Å². The predicted octanol–water partition coefficient (Wildman–Crippen LogP) is 4.99. The maximum atomic E-state index is 10.6. The number of hydrogen-bond donors (Lipinski definition) is 0. The summed E-state index contributed by atoms with van der Waals surface area (Å²) >= 11 is 6.21. The maximum Gasteiger partial charge on any atom is 0.269 e. The van der Waals surface area contributed by atoms with Crippen LogP contribution >= 0.6 is 11.6 Å². The van der Waals surface area contributed by atoms with Crippen molar-refractivity contribution in [3.8, 4) is 11.3 Å². The van der Waals surface area contributed by atoms with E-state index in [1.54, 1.807) is 24.4 Å². The van der Waals surface area contributed by atoms with Gasteiger partial charge >= 0.3 is 0 Å². The average Bonchev–Trinajstić information content (AvgIpc) is 3.06. The summed E-state index contributed by atoms with van der Waals surface area (Å²) in [4.78, 5) is 14.3. The SMILES string of the molecule is O=[N+]([O-])c1ccc(/C=C(\Cl)c2ncc(-c3ccccc3)o2)cc1. The van der Waals surface area contributed by atoms with E-state index in [9.17, 15) is 10.1 Å². The first-order chi connectivity index (χ1) is 11.1. The van der Waals surface area contributed by atoms with E-state index in [4.69, 9.17) is 16.0 Å². The molecule has 3 rings (SSSR count). The van der Waals surface area contributed by atoms with Gasteiger partial charge in [0.05, 0.1) is 11.1 Å². The van der Waals surface area contributed by atoms with Gasteiger partial charge in [0.15, 0.2) is 5.76 Å². The van der Waals surface area contributed by atoms with Gasteiger partial charge in [-0.05, 0) is 23.8 Å². The quantitative estimate of drug-likeness (QED) is 0.500. The Balaban J connectivity index is 1.84. The highest BCUT2D eigenvalue weighted by molar-refractivity contribution is 6.50. The van der Waals surface area contributed by atoms with E-state index in [2.05, 4.69) is 4.98 Å². The molecular weight excluding hydrogens is 316 g/mol. The van der Waals surface area contributed by atoms with E-state index in [1.165, 1.54) is 12.1 Å². The van der Waals surface area contributed by atoms with Crippen molar-refractivity contribution in [3.05, 3.63) is 82.4 Å². The number of nitrogens with zero attached hydrogens (tertiary/aromatic N) is 2. The second-order valence-corrected chi connectivity index (χ2v) is 5.14. The molecule has 6 heteroatoms. The molecule has 0 fully saturated rings. The molecule has 3 aromatic rings. The van der Waals surface area contributed by atoms with E-state index in [0.29, 0.717) is 16.7 Å². The summed E-state index contributed by atoms with van der Waals surface area (Å²) in [5.41, 5.74) is 1.66. The number of aromatic nitrogens is 1. The highest BCUT2D eigenvalue weighted by atomic mass is 35.5. The standard InChI is InChI=1S/C17H11ClN2O3/c18-15(10-12-6-8-14(9-7-12)20(21)22)17-19-11-16(23-17)13-4-2-1-3-5-13/h1-11H/b15-10-. The lowest BCUT2D eigenvalue weighted by Gasteiger charge is -1.97. The first-order valence-electron chi connectivity index (χ1n) is 6.77. The minimum absolute atomic E-state index is 0.0285. The summed E-state index contributed by atoms with van der Waals surface area (Å²) in [5, 5.41) is 11.0. The first kappa shape index (κ1) is 15.0. The number of rotatable bonds is 4. The molecule has 0 aliphatic rings. The van der Waals surface area contributed by atoms with Gasteiger partial charge in [-0.25, -0.2) is 4.98 Å². The van der Waals surface area contributed by atoms with Crippen LogP contribution < -0.4 is 0 Å². The molecule has 0 saturated heterocycles. The van der Waals surface area contributed by atoms with Crippen LogP contribution in [0.3, 0.4) is 0 Å². The monoisotopic (exact) mass is 326 g/mol. The molecule has 23 heavy (non-hydrogen) atoms. The Bertz CT molecular complexity index is 855. The molecule has 1 aromatic heterocycles. The zero-order valence-electron chi connectivity index (χ0n) is 11.8. The molecule has 0 unspecified atom stereocenters. The zero-order valence-corrected chi connectivity index (χ0v) is 12.6. The first-order valence-corrected chi connectivity index (χ1v) is 7.14. The lowest BCUT2D eigenvalue weighted by Crippen LogP contribution is -1.86. The number of non-ortho nitro benzene ring substituents is 1. The van der Waals surface area contributed by atoms with Gasteiger partial charge in [0.2, 0.25) is 5.89 Å². The Labute approximate surface area is 137 Å². The Morgan fingerprint density at radius 2 is 1.83 bits per heavy atom. The minimum atomic E-state index is -0.449. The van der Waals surface area contributed by atoms with Crippen molar-refractivity contribution in [3.63, 3.8) is 0 Å². The van der Waals surface area contributed by atoms with Crippen LogP contribution in [-0.4, -0.2) is 9.91 Å². The Morgan fingerprint density at radius 3 is 2.48 bits per heavy atom. The third kappa shape index (κ3) is 3.46. The van der Waals surface area contributed by atoms with Gasteiger partial charge < -0.3 is 4.42 Å². The van der Waals surface area contributed by atoms with Crippen molar-refractivity contribution < 1.29 is 9.34 Å². The van der Waals surface area contributed by atoms with Crippen LogP contribution in [-0.2, 0) is 0 Å². The molecule has 0 aliphatic heterocycles. The second kappa shape index (κ2) is 6.46. The zero-order chi connectivity index (χ0) is 16.2. The predicted molar refractivity (Wildman–Crippen MR) is 88.8 cm³/mol. The van der Waals surface area contributed by atoms with Crippen molar-refractivity contribution in [2.24, 2.45) is 0 Å². The number of oxazole rings is 1. The number of benzene rings is 2. The van der Waals surface area contributed by atoms with Crippen molar-refractivity contribution >= 4 is 28.4 Å². The number of halogens is 1. The maximum absolute atomic E-state index is 10.6. The van der Waals surface area contributed by atoms with Gasteiger partial charge in [-0.3, -0.25) is 10.1 Å². The summed E-state index contributed by atoms with van der Waals surface area (Å²) in [6.45, 7) is 0. The summed E-state index contributed by atoms with van der Waals surface area (Å²) < 4.78 is 5.65. The number of hydrogen-bond acceptors (Lipinski definition) is 4. The van der Waals surface area contributed by atoms with Crippen molar-refractivity contribution in [2.45, 2.75) is 0 Å². The lowest BCUT2D eigenvalue weighted by atomic mass is 10.2. The molecule has 0 saturated carbocycles. The van der Waals surface area contributed by atoms with E-state index < -0.39 is 4.92 Å². The fourth-order valence-electron chi connectivity index (χ4n) is 2.02. The van der Waals surface area contributed by atoms with E-state index in [0.717, 1.165) is 11.1 Å². The van der Waals surface area contributed by atoms with Gasteiger partial charge in [0, 0.05) is 17.7 Å². The summed E-state index contributed by atoms with van der Waals surface area (Å²) in [5.74, 6) is 0.916. The molecule has 0 amide bonds. The summed E-state index contributed by atoms with van der Waals surface area (Å²) in [6, 6.07) is 15.6. The average molecular weight is 327 g/mol. The summed E-state index contributed by atoms with van der Waals surface area (Å²) in [7, 11) is 0. The van der Waals surface area contributed by atoms with Crippen LogP contribution in [0.15, 0.2) is 65.2 Å². The Hall–Kier alpha value is -2.92. The number of nitro groups is 1. The molecule has 0 aliphatic carbocycles. The van der Waals surface area contributed by atoms with Gasteiger partial charge in [-0.15, -0.1) is 0 Å². The van der Waals surface area contributed by atoms with Gasteiger partial charge in [0.25, 0.3) is 5.69 Å². The van der Waals surface area contributed by atoms with Crippen molar-refractivity contribution in [1.29, 1.82) is 0 Å².